The molecule has 110 valence electrons. The van der Waals surface area contributed by atoms with Gasteiger partial charge >= 0.3 is 0 Å². The number of nitrogens with two attached hydrogens (primary N) is 1. The van der Waals surface area contributed by atoms with E-state index in [0.29, 0.717) is 12.6 Å². The normalized spacial score (nSPS) is 21.3. The Labute approximate surface area is 120 Å². The van der Waals surface area contributed by atoms with Crippen LogP contribution in [0.25, 0.3) is 0 Å². The molecule has 1 heterocycles. The van der Waals surface area contributed by atoms with Crippen molar-refractivity contribution >= 4 is 5.84 Å². The van der Waals surface area contributed by atoms with Crippen molar-refractivity contribution in [2.24, 2.45) is 10.9 Å². The highest BCUT2D eigenvalue weighted by atomic mass is 16.5. The average Bonchev–Trinajstić information content (AvgIpc) is 2.97. The molecule has 1 aromatic carbocycles. The summed E-state index contributed by atoms with van der Waals surface area (Å²) in [7, 11) is 2.04. The third kappa shape index (κ3) is 3.95. The molecule has 5 heteroatoms. The van der Waals surface area contributed by atoms with E-state index < -0.39 is 0 Å². The lowest BCUT2D eigenvalue weighted by Gasteiger charge is -2.25. The van der Waals surface area contributed by atoms with Gasteiger partial charge in [-0.05, 0) is 25.5 Å². The maximum Gasteiger partial charge on any atom is 0.147 e. The van der Waals surface area contributed by atoms with E-state index in [1.54, 1.807) is 0 Å². The monoisotopic (exact) mass is 277 g/mol. The van der Waals surface area contributed by atoms with Crippen molar-refractivity contribution in [3.05, 3.63) is 35.9 Å². The Balaban J connectivity index is 2.00. The van der Waals surface area contributed by atoms with Gasteiger partial charge in [-0.3, -0.25) is 0 Å². The largest absolute Gasteiger partial charge is 0.409 e. The molecule has 1 fully saturated rings. The maximum atomic E-state index is 8.98. The standard InChI is InChI=1S/C15H23N3O2/c1-18(10-13-8-5-9-20-13)11-14(15(16)17-19)12-6-3-2-4-7-12/h2-4,6-7,13-14,19H,5,8-11H2,1H3,(H2,16,17). The SMILES string of the molecule is CN(CC1CCCO1)CC(C(N)=NO)c1ccccc1. The molecule has 1 aromatic rings. The molecule has 2 rings (SSSR count). The lowest BCUT2D eigenvalue weighted by molar-refractivity contribution is 0.0808. The van der Waals surface area contributed by atoms with E-state index in [9.17, 15) is 0 Å². The Morgan fingerprint density at radius 1 is 1.50 bits per heavy atom. The van der Waals surface area contributed by atoms with Crippen LogP contribution in [-0.2, 0) is 4.74 Å². The first-order valence-electron chi connectivity index (χ1n) is 7.03. The van der Waals surface area contributed by atoms with Crippen molar-refractivity contribution in [2.45, 2.75) is 24.9 Å². The van der Waals surface area contributed by atoms with Gasteiger partial charge in [0.25, 0.3) is 0 Å². The topological polar surface area (TPSA) is 71.1 Å². The molecule has 1 saturated heterocycles. The summed E-state index contributed by atoms with van der Waals surface area (Å²) in [5, 5.41) is 12.2. The fourth-order valence-corrected chi connectivity index (χ4v) is 2.65. The maximum absolute atomic E-state index is 8.98. The van der Waals surface area contributed by atoms with Gasteiger partial charge in [0.1, 0.15) is 5.84 Å². The van der Waals surface area contributed by atoms with Gasteiger partial charge in [-0.1, -0.05) is 35.5 Å². The van der Waals surface area contributed by atoms with Gasteiger partial charge in [-0.2, -0.15) is 0 Å². The summed E-state index contributed by atoms with van der Waals surface area (Å²) in [6.45, 7) is 2.45. The zero-order chi connectivity index (χ0) is 14.4. The van der Waals surface area contributed by atoms with E-state index >= 15 is 0 Å². The Hall–Kier alpha value is -1.59. The minimum Gasteiger partial charge on any atom is -0.409 e. The van der Waals surface area contributed by atoms with Crippen molar-refractivity contribution in [1.29, 1.82) is 0 Å². The Bertz CT molecular complexity index is 430. The quantitative estimate of drug-likeness (QED) is 0.359. The summed E-state index contributed by atoms with van der Waals surface area (Å²) in [5.74, 6) is 0.142. The zero-order valence-electron chi connectivity index (χ0n) is 11.9. The van der Waals surface area contributed by atoms with Crippen LogP contribution in [0.2, 0.25) is 0 Å². The Morgan fingerprint density at radius 2 is 2.25 bits per heavy atom. The van der Waals surface area contributed by atoms with Crippen molar-refractivity contribution in [3.63, 3.8) is 0 Å². The highest BCUT2D eigenvalue weighted by Crippen LogP contribution is 2.19. The van der Waals surface area contributed by atoms with Crippen LogP contribution in [0.5, 0.6) is 0 Å². The van der Waals surface area contributed by atoms with Gasteiger partial charge in [0.2, 0.25) is 0 Å². The van der Waals surface area contributed by atoms with E-state index in [-0.39, 0.29) is 11.8 Å². The average molecular weight is 277 g/mol. The molecule has 0 radical (unpaired) electrons. The van der Waals surface area contributed by atoms with Crippen molar-refractivity contribution < 1.29 is 9.94 Å². The third-order valence-electron chi connectivity index (χ3n) is 3.71. The number of hydrogen-bond donors (Lipinski definition) is 2. The minimum atomic E-state index is -0.104. The number of amidine groups is 1. The van der Waals surface area contributed by atoms with Crippen LogP contribution in [0.15, 0.2) is 35.5 Å². The van der Waals surface area contributed by atoms with E-state index in [1.165, 1.54) is 0 Å². The molecule has 2 unspecified atom stereocenters. The first kappa shape index (κ1) is 14.8. The second kappa shape index (κ2) is 7.26. The lowest BCUT2D eigenvalue weighted by Crippen LogP contribution is -2.36. The summed E-state index contributed by atoms with van der Waals surface area (Å²) >= 11 is 0. The first-order valence-corrected chi connectivity index (χ1v) is 7.03. The molecule has 0 aromatic heterocycles. The van der Waals surface area contributed by atoms with E-state index in [4.69, 9.17) is 15.7 Å². The molecule has 5 nitrogen and oxygen atoms in total. The number of ether oxygens (including phenoxy) is 1. The van der Waals surface area contributed by atoms with E-state index in [0.717, 1.165) is 31.6 Å². The van der Waals surface area contributed by atoms with Gasteiger partial charge in [0.05, 0.1) is 12.0 Å². The first-order chi connectivity index (χ1) is 9.70. The molecule has 0 saturated carbocycles. The van der Waals surface area contributed by atoms with Crippen LogP contribution in [0, 0.1) is 0 Å². The summed E-state index contributed by atoms with van der Waals surface area (Å²) in [5.41, 5.74) is 6.91. The fourth-order valence-electron chi connectivity index (χ4n) is 2.65. The van der Waals surface area contributed by atoms with Crippen LogP contribution in [-0.4, -0.2) is 48.8 Å². The predicted molar refractivity (Wildman–Crippen MR) is 79.1 cm³/mol. The molecular weight excluding hydrogens is 254 g/mol. The van der Waals surface area contributed by atoms with Gasteiger partial charge in [0, 0.05) is 19.7 Å². The number of likely N-dealkylation sites (N-methyl/N-ethyl adjacent to an activating group) is 1. The molecule has 20 heavy (non-hydrogen) atoms. The smallest absolute Gasteiger partial charge is 0.147 e. The van der Waals surface area contributed by atoms with E-state index in [1.807, 2.05) is 37.4 Å². The number of nitrogens with zero attached hydrogens (tertiary/aromatic N) is 2. The molecular formula is C15H23N3O2. The molecule has 0 bridgehead atoms. The highest BCUT2D eigenvalue weighted by Gasteiger charge is 2.22. The van der Waals surface area contributed by atoms with Gasteiger partial charge < -0.3 is 20.6 Å². The van der Waals surface area contributed by atoms with Crippen LogP contribution < -0.4 is 5.73 Å². The minimum absolute atomic E-state index is 0.104. The van der Waals surface area contributed by atoms with Crippen LogP contribution in [0.4, 0.5) is 0 Å². The van der Waals surface area contributed by atoms with Crippen molar-refractivity contribution in [2.75, 3.05) is 26.7 Å². The molecule has 1 aliphatic heterocycles. The molecule has 0 amide bonds. The molecule has 3 N–H and O–H groups in total. The number of benzene rings is 1. The predicted octanol–water partition coefficient (Wildman–Crippen LogP) is 1.63. The second-order valence-electron chi connectivity index (χ2n) is 5.34. The van der Waals surface area contributed by atoms with Crippen LogP contribution in [0.1, 0.15) is 24.3 Å². The van der Waals surface area contributed by atoms with Crippen molar-refractivity contribution in [1.82, 2.24) is 4.90 Å². The zero-order valence-corrected chi connectivity index (χ0v) is 11.9. The third-order valence-corrected chi connectivity index (χ3v) is 3.71. The second-order valence-corrected chi connectivity index (χ2v) is 5.34. The Morgan fingerprint density at radius 3 is 2.85 bits per heavy atom. The fraction of sp³-hybridized carbons (Fsp3) is 0.533. The van der Waals surface area contributed by atoms with Crippen molar-refractivity contribution in [3.8, 4) is 0 Å². The molecule has 1 aliphatic rings. The summed E-state index contributed by atoms with van der Waals surface area (Å²) < 4.78 is 5.65. The molecule has 0 spiro atoms. The lowest BCUT2D eigenvalue weighted by atomic mass is 9.97. The van der Waals surface area contributed by atoms with E-state index in [2.05, 4.69) is 10.1 Å². The van der Waals surface area contributed by atoms with Crippen LogP contribution in [0.3, 0.4) is 0 Å². The summed E-state index contributed by atoms with van der Waals surface area (Å²) in [6.07, 6.45) is 2.56. The van der Waals surface area contributed by atoms with Gasteiger partial charge in [0.15, 0.2) is 0 Å². The molecule has 2 atom stereocenters. The number of rotatable bonds is 6. The summed E-state index contributed by atoms with van der Waals surface area (Å²) in [6, 6.07) is 9.90. The van der Waals surface area contributed by atoms with Crippen LogP contribution >= 0.6 is 0 Å². The van der Waals surface area contributed by atoms with Gasteiger partial charge in [-0.15, -0.1) is 0 Å². The highest BCUT2D eigenvalue weighted by molar-refractivity contribution is 5.87. The summed E-state index contributed by atoms with van der Waals surface area (Å²) in [4.78, 5) is 2.19. The van der Waals surface area contributed by atoms with Gasteiger partial charge in [-0.25, -0.2) is 0 Å². The number of hydrogen-bond acceptors (Lipinski definition) is 4. The number of oxime groups is 1. The Kier molecular flexibility index (Phi) is 5.38. The molecule has 0 aliphatic carbocycles.